The van der Waals surface area contributed by atoms with Crippen molar-refractivity contribution in [2.45, 2.75) is 6.54 Å². The Balaban J connectivity index is 1.33. The zero-order chi connectivity index (χ0) is 23.2. The van der Waals surface area contributed by atoms with Crippen molar-refractivity contribution >= 4 is 24.1 Å². The first-order chi connectivity index (χ1) is 16.7. The summed E-state index contributed by atoms with van der Waals surface area (Å²) in [6.07, 6.45) is 3.63. The van der Waals surface area contributed by atoms with E-state index in [9.17, 15) is 4.39 Å². The Kier molecular flexibility index (Phi) is 6.91. The molecule has 2 aromatic heterocycles. The molecule has 1 aromatic carbocycles. The van der Waals surface area contributed by atoms with Crippen LogP contribution in [-0.4, -0.2) is 78.3 Å². The predicted molar refractivity (Wildman–Crippen MR) is 127 cm³/mol. The Labute approximate surface area is 197 Å². The molecule has 178 valence electrons. The first-order valence-electron chi connectivity index (χ1n) is 11.3. The van der Waals surface area contributed by atoms with Crippen LogP contribution in [0.1, 0.15) is 11.3 Å². The fourth-order valence-electron chi connectivity index (χ4n) is 3.89. The number of nitrogens with zero attached hydrogens (tertiary/aromatic N) is 7. The number of hydrogen-bond acceptors (Lipinski definition) is 9. The molecule has 2 fully saturated rings. The van der Waals surface area contributed by atoms with Gasteiger partial charge in [0.05, 0.1) is 38.3 Å². The quantitative estimate of drug-likeness (QED) is 0.418. The van der Waals surface area contributed by atoms with E-state index in [1.165, 1.54) is 12.1 Å². The predicted octanol–water partition coefficient (Wildman–Crippen LogP) is 1.98. The van der Waals surface area contributed by atoms with Crippen molar-refractivity contribution in [3.63, 3.8) is 0 Å². The van der Waals surface area contributed by atoms with E-state index in [-0.39, 0.29) is 5.82 Å². The third kappa shape index (κ3) is 5.49. The van der Waals surface area contributed by atoms with Crippen LogP contribution in [0.4, 0.5) is 22.2 Å². The summed E-state index contributed by atoms with van der Waals surface area (Å²) < 4.78 is 26.5. The van der Waals surface area contributed by atoms with Crippen LogP contribution >= 0.6 is 0 Å². The molecule has 11 heteroatoms. The molecule has 2 aliphatic rings. The number of anilines is 3. The van der Waals surface area contributed by atoms with Crippen molar-refractivity contribution in [3.05, 3.63) is 59.7 Å². The summed E-state index contributed by atoms with van der Waals surface area (Å²) in [6.45, 7) is 6.00. The van der Waals surface area contributed by atoms with E-state index in [2.05, 4.69) is 30.3 Å². The second kappa shape index (κ2) is 10.6. The van der Waals surface area contributed by atoms with Gasteiger partial charge in [-0.05, 0) is 29.8 Å². The highest BCUT2D eigenvalue weighted by atomic mass is 19.1. The van der Waals surface area contributed by atoms with Gasteiger partial charge >= 0.3 is 0 Å². The number of ether oxygens (including phenoxy) is 2. The largest absolute Gasteiger partial charge is 0.378 e. The number of rotatable bonds is 7. The molecule has 0 unspecified atom stereocenters. The summed E-state index contributed by atoms with van der Waals surface area (Å²) >= 11 is 0. The van der Waals surface area contributed by atoms with E-state index in [0.29, 0.717) is 50.8 Å². The molecule has 0 atom stereocenters. The SMILES string of the molecule is Fc1cccc(Cn2cccc2/C=N/Nc2nc(N3CCOCC3)nc(N3CCOCC3)n2)c1. The lowest BCUT2D eigenvalue weighted by molar-refractivity contribution is 0.121. The standard InChI is InChI=1S/C23H27FN8O2/c24-19-4-1-3-18(15-19)17-32-6-2-5-20(32)16-25-29-21-26-22(30-7-11-33-12-8-30)28-23(27-21)31-9-13-34-14-10-31/h1-6,15-16H,7-14,17H2,(H,26,27,28,29)/b25-16+. The minimum Gasteiger partial charge on any atom is -0.378 e. The molecular formula is C23H27FN8O2. The zero-order valence-electron chi connectivity index (χ0n) is 18.8. The van der Waals surface area contributed by atoms with Crippen LogP contribution in [0, 0.1) is 5.82 Å². The normalized spacial score (nSPS) is 16.9. The summed E-state index contributed by atoms with van der Waals surface area (Å²) in [5.41, 5.74) is 4.70. The van der Waals surface area contributed by atoms with E-state index in [1.54, 1.807) is 12.3 Å². The molecule has 0 radical (unpaired) electrons. The van der Waals surface area contributed by atoms with Crippen LogP contribution < -0.4 is 15.2 Å². The number of aromatic nitrogens is 4. The third-order valence-electron chi connectivity index (χ3n) is 5.67. The second-order valence-corrected chi connectivity index (χ2v) is 8.02. The van der Waals surface area contributed by atoms with Crippen LogP contribution in [-0.2, 0) is 16.0 Å². The molecule has 0 aliphatic carbocycles. The molecule has 34 heavy (non-hydrogen) atoms. The van der Waals surface area contributed by atoms with Crippen molar-refractivity contribution in [2.24, 2.45) is 5.10 Å². The Morgan fingerprint density at radius 1 is 0.912 bits per heavy atom. The molecule has 1 N–H and O–H groups in total. The lowest BCUT2D eigenvalue weighted by Crippen LogP contribution is -2.40. The van der Waals surface area contributed by atoms with E-state index in [0.717, 1.165) is 37.4 Å². The third-order valence-corrected chi connectivity index (χ3v) is 5.67. The first kappa shape index (κ1) is 22.2. The average molecular weight is 467 g/mol. The van der Waals surface area contributed by atoms with Crippen molar-refractivity contribution in [1.29, 1.82) is 0 Å². The van der Waals surface area contributed by atoms with Crippen LogP contribution in [0.2, 0.25) is 0 Å². The smallest absolute Gasteiger partial charge is 0.250 e. The van der Waals surface area contributed by atoms with Gasteiger partial charge in [0.2, 0.25) is 17.8 Å². The van der Waals surface area contributed by atoms with E-state index < -0.39 is 0 Å². The molecule has 0 saturated carbocycles. The molecular weight excluding hydrogens is 439 g/mol. The fraction of sp³-hybridized carbons (Fsp3) is 0.391. The number of hydrazone groups is 1. The molecule has 2 aliphatic heterocycles. The van der Waals surface area contributed by atoms with Gasteiger partial charge in [0.25, 0.3) is 0 Å². The van der Waals surface area contributed by atoms with Gasteiger partial charge < -0.3 is 23.8 Å². The van der Waals surface area contributed by atoms with Crippen molar-refractivity contribution < 1.29 is 13.9 Å². The monoisotopic (exact) mass is 466 g/mol. The zero-order valence-corrected chi connectivity index (χ0v) is 18.8. The van der Waals surface area contributed by atoms with Crippen LogP contribution in [0.3, 0.4) is 0 Å². The molecule has 0 bridgehead atoms. The number of nitrogens with one attached hydrogen (secondary N) is 1. The number of halogens is 1. The topological polar surface area (TPSA) is 92.9 Å². The van der Waals surface area contributed by atoms with Gasteiger partial charge in [-0.1, -0.05) is 12.1 Å². The lowest BCUT2D eigenvalue weighted by atomic mass is 10.2. The van der Waals surface area contributed by atoms with Crippen molar-refractivity contribution in [2.75, 3.05) is 67.8 Å². The van der Waals surface area contributed by atoms with E-state index in [4.69, 9.17) is 14.5 Å². The van der Waals surface area contributed by atoms with E-state index in [1.807, 2.05) is 29.0 Å². The fourth-order valence-corrected chi connectivity index (χ4v) is 3.89. The summed E-state index contributed by atoms with van der Waals surface area (Å²) in [5, 5.41) is 4.37. The first-order valence-corrected chi connectivity index (χ1v) is 11.3. The van der Waals surface area contributed by atoms with Gasteiger partial charge in [-0.15, -0.1) is 0 Å². The van der Waals surface area contributed by atoms with E-state index >= 15 is 0 Å². The van der Waals surface area contributed by atoms with Crippen molar-refractivity contribution in [1.82, 2.24) is 19.5 Å². The highest BCUT2D eigenvalue weighted by molar-refractivity contribution is 5.78. The number of hydrogen-bond donors (Lipinski definition) is 1. The summed E-state index contributed by atoms with van der Waals surface area (Å²) in [4.78, 5) is 18.1. The highest BCUT2D eigenvalue weighted by Crippen LogP contribution is 2.19. The van der Waals surface area contributed by atoms with Crippen LogP contribution in [0.5, 0.6) is 0 Å². The Morgan fingerprint density at radius 2 is 1.59 bits per heavy atom. The average Bonchev–Trinajstić information content (AvgIpc) is 3.31. The minimum absolute atomic E-state index is 0.247. The minimum atomic E-state index is -0.247. The Morgan fingerprint density at radius 3 is 2.24 bits per heavy atom. The Hall–Kier alpha value is -3.57. The van der Waals surface area contributed by atoms with Gasteiger partial charge in [0, 0.05) is 38.9 Å². The molecule has 3 aromatic rings. The lowest BCUT2D eigenvalue weighted by Gasteiger charge is -2.30. The van der Waals surface area contributed by atoms with Gasteiger partial charge in [0.1, 0.15) is 5.82 Å². The molecule has 0 amide bonds. The van der Waals surface area contributed by atoms with Gasteiger partial charge in [-0.25, -0.2) is 9.82 Å². The van der Waals surface area contributed by atoms with Gasteiger partial charge in [0.15, 0.2) is 0 Å². The second-order valence-electron chi connectivity index (χ2n) is 8.02. The number of morpholine rings is 2. The molecule has 5 rings (SSSR count). The number of benzene rings is 1. The summed E-state index contributed by atoms with van der Waals surface area (Å²) in [5.74, 6) is 1.33. The molecule has 4 heterocycles. The van der Waals surface area contributed by atoms with Crippen molar-refractivity contribution in [3.8, 4) is 0 Å². The van der Waals surface area contributed by atoms with Gasteiger partial charge in [-0.3, -0.25) is 0 Å². The highest BCUT2D eigenvalue weighted by Gasteiger charge is 2.20. The van der Waals surface area contributed by atoms with Crippen LogP contribution in [0.25, 0.3) is 0 Å². The maximum atomic E-state index is 13.5. The van der Waals surface area contributed by atoms with Crippen LogP contribution in [0.15, 0.2) is 47.7 Å². The maximum absolute atomic E-state index is 13.5. The summed E-state index contributed by atoms with van der Waals surface area (Å²) in [7, 11) is 0. The Bertz CT molecular complexity index is 1090. The summed E-state index contributed by atoms with van der Waals surface area (Å²) in [6, 6.07) is 10.4. The van der Waals surface area contributed by atoms with Gasteiger partial charge in [-0.2, -0.15) is 20.1 Å². The molecule has 2 saturated heterocycles. The molecule has 0 spiro atoms. The maximum Gasteiger partial charge on any atom is 0.250 e. The molecule has 10 nitrogen and oxygen atoms in total.